The molecule has 176 valence electrons. The van der Waals surface area contributed by atoms with E-state index in [0.717, 1.165) is 54.0 Å². The highest BCUT2D eigenvalue weighted by Gasteiger charge is 2.18. The monoisotopic (exact) mass is 457 g/mol. The van der Waals surface area contributed by atoms with Gasteiger partial charge in [-0.15, -0.1) is 0 Å². The third kappa shape index (κ3) is 5.53. The Morgan fingerprint density at radius 3 is 2.00 bits per heavy atom. The molecule has 0 atom stereocenters. The third-order valence-corrected chi connectivity index (χ3v) is 6.40. The molecule has 1 aliphatic heterocycles. The summed E-state index contributed by atoms with van der Waals surface area (Å²) in [6.45, 7) is 4.22. The molecule has 3 aromatic rings. The number of hydrogen-bond donors (Lipinski definition) is 1. The Balaban J connectivity index is 1.80. The zero-order valence-electron chi connectivity index (χ0n) is 19.6. The molecule has 0 radical (unpaired) electrons. The molecule has 0 aromatic heterocycles. The lowest BCUT2D eigenvalue weighted by atomic mass is 9.87. The minimum atomic E-state index is -0.373. The zero-order valence-corrected chi connectivity index (χ0v) is 19.6. The first-order valence-corrected chi connectivity index (χ1v) is 11.7. The molecule has 0 saturated carbocycles. The van der Waals surface area contributed by atoms with E-state index in [2.05, 4.69) is 53.2 Å². The number of rotatable bonds is 8. The maximum atomic E-state index is 11.2. The van der Waals surface area contributed by atoms with Gasteiger partial charge in [0.15, 0.2) is 0 Å². The number of nitro benzene ring substituents is 1. The SMILES string of the molecule is CN1CCN(c2ccc(C(=C(CCCO)c3ccccc3)c3ccc([N+](=O)[O-])cc3)cc2)CC1. The fourth-order valence-corrected chi connectivity index (χ4v) is 4.48. The van der Waals surface area contributed by atoms with Crippen LogP contribution in [0.15, 0.2) is 78.9 Å². The van der Waals surface area contributed by atoms with Gasteiger partial charge in [-0.25, -0.2) is 0 Å². The molecule has 1 heterocycles. The van der Waals surface area contributed by atoms with Crippen LogP contribution in [0.25, 0.3) is 11.1 Å². The number of aliphatic hydroxyl groups is 1. The van der Waals surface area contributed by atoms with E-state index in [1.54, 1.807) is 12.1 Å². The molecule has 6 heteroatoms. The fraction of sp³-hybridized carbons (Fsp3) is 0.286. The van der Waals surface area contributed by atoms with E-state index in [-0.39, 0.29) is 17.2 Å². The van der Waals surface area contributed by atoms with Crippen LogP contribution >= 0.6 is 0 Å². The van der Waals surface area contributed by atoms with Crippen molar-refractivity contribution in [1.29, 1.82) is 0 Å². The Bertz CT molecular complexity index is 1120. The molecular weight excluding hydrogens is 426 g/mol. The van der Waals surface area contributed by atoms with Gasteiger partial charge in [0.2, 0.25) is 0 Å². The maximum absolute atomic E-state index is 11.2. The first-order valence-electron chi connectivity index (χ1n) is 11.7. The average Bonchev–Trinajstić information content (AvgIpc) is 2.88. The summed E-state index contributed by atoms with van der Waals surface area (Å²) in [5, 5.41) is 20.8. The quantitative estimate of drug-likeness (QED) is 0.290. The van der Waals surface area contributed by atoms with Gasteiger partial charge in [0, 0.05) is 50.6 Å². The van der Waals surface area contributed by atoms with Crippen molar-refractivity contribution in [3.8, 4) is 0 Å². The molecule has 34 heavy (non-hydrogen) atoms. The smallest absolute Gasteiger partial charge is 0.269 e. The number of nitrogens with zero attached hydrogens (tertiary/aromatic N) is 3. The number of piperazine rings is 1. The highest BCUT2D eigenvalue weighted by atomic mass is 16.6. The van der Waals surface area contributed by atoms with E-state index in [1.165, 1.54) is 5.69 Å². The number of non-ortho nitro benzene ring substituents is 1. The van der Waals surface area contributed by atoms with Crippen molar-refractivity contribution < 1.29 is 10.0 Å². The highest BCUT2D eigenvalue weighted by Crippen LogP contribution is 2.36. The predicted octanol–water partition coefficient (Wildman–Crippen LogP) is 5.08. The molecule has 0 bridgehead atoms. The molecule has 1 fully saturated rings. The van der Waals surface area contributed by atoms with Crippen LogP contribution in [0.2, 0.25) is 0 Å². The second kappa shape index (κ2) is 11.1. The lowest BCUT2D eigenvalue weighted by molar-refractivity contribution is -0.384. The molecule has 0 unspecified atom stereocenters. The van der Waals surface area contributed by atoms with E-state index in [0.29, 0.717) is 12.8 Å². The van der Waals surface area contributed by atoms with E-state index in [1.807, 2.05) is 30.3 Å². The second-order valence-corrected chi connectivity index (χ2v) is 8.69. The lowest BCUT2D eigenvalue weighted by Gasteiger charge is -2.34. The van der Waals surface area contributed by atoms with Crippen LogP contribution < -0.4 is 4.90 Å². The van der Waals surface area contributed by atoms with Gasteiger partial charge >= 0.3 is 0 Å². The van der Waals surface area contributed by atoms with Crippen LogP contribution in [0.5, 0.6) is 0 Å². The van der Waals surface area contributed by atoms with E-state index in [9.17, 15) is 15.2 Å². The van der Waals surface area contributed by atoms with Gasteiger partial charge in [-0.05, 0) is 72.0 Å². The number of anilines is 1. The summed E-state index contributed by atoms with van der Waals surface area (Å²) in [4.78, 5) is 15.6. The molecule has 1 saturated heterocycles. The number of aliphatic hydroxyl groups excluding tert-OH is 1. The summed E-state index contributed by atoms with van der Waals surface area (Å²) >= 11 is 0. The van der Waals surface area contributed by atoms with Crippen LogP contribution in [0.4, 0.5) is 11.4 Å². The molecule has 0 spiro atoms. The van der Waals surface area contributed by atoms with Crippen molar-refractivity contribution in [2.24, 2.45) is 0 Å². The largest absolute Gasteiger partial charge is 0.396 e. The molecule has 4 rings (SSSR count). The molecule has 1 aliphatic rings. The summed E-state index contributed by atoms with van der Waals surface area (Å²) in [6.07, 6.45) is 1.34. The van der Waals surface area contributed by atoms with Crippen molar-refractivity contribution in [2.45, 2.75) is 12.8 Å². The molecule has 0 aliphatic carbocycles. The van der Waals surface area contributed by atoms with Gasteiger partial charge in [0.05, 0.1) is 4.92 Å². The molecular formula is C28H31N3O3. The first-order chi connectivity index (χ1) is 16.6. The Morgan fingerprint density at radius 1 is 0.853 bits per heavy atom. The minimum absolute atomic E-state index is 0.0742. The lowest BCUT2D eigenvalue weighted by Crippen LogP contribution is -2.44. The van der Waals surface area contributed by atoms with Crippen molar-refractivity contribution in [2.75, 3.05) is 44.7 Å². The number of allylic oxidation sites excluding steroid dienone is 1. The van der Waals surface area contributed by atoms with Crippen molar-refractivity contribution >= 4 is 22.5 Å². The van der Waals surface area contributed by atoms with Gasteiger partial charge in [-0.2, -0.15) is 0 Å². The predicted molar refractivity (Wildman–Crippen MR) is 138 cm³/mol. The summed E-state index contributed by atoms with van der Waals surface area (Å²) in [7, 11) is 2.15. The van der Waals surface area contributed by atoms with Crippen molar-refractivity contribution in [3.63, 3.8) is 0 Å². The molecule has 0 amide bonds. The zero-order chi connectivity index (χ0) is 23.9. The fourth-order valence-electron chi connectivity index (χ4n) is 4.48. The van der Waals surface area contributed by atoms with E-state index < -0.39 is 0 Å². The Labute approximate surface area is 200 Å². The first kappa shape index (κ1) is 23.7. The Hall–Kier alpha value is -3.48. The van der Waals surface area contributed by atoms with Gasteiger partial charge in [0.25, 0.3) is 5.69 Å². The number of nitro groups is 1. The Kier molecular flexibility index (Phi) is 7.72. The van der Waals surface area contributed by atoms with Crippen LogP contribution in [-0.2, 0) is 0 Å². The van der Waals surface area contributed by atoms with E-state index >= 15 is 0 Å². The summed E-state index contributed by atoms with van der Waals surface area (Å²) in [5.74, 6) is 0. The van der Waals surface area contributed by atoms with Crippen LogP contribution in [0.3, 0.4) is 0 Å². The van der Waals surface area contributed by atoms with Crippen molar-refractivity contribution in [1.82, 2.24) is 4.90 Å². The van der Waals surface area contributed by atoms with E-state index in [4.69, 9.17) is 0 Å². The van der Waals surface area contributed by atoms with Crippen molar-refractivity contribution in [3.05, 3.63) is 106 Å². The highest BCUT2D eigenvalue weighted by molar-refractivity contribution is 5.98. The topological polar surface area (TPSA) is 69.8 Å². The van der Waals surface area contributed by atoms with Gasteiger partial charge < -0.3 is 14.9 Å². The third-order valence-electron chi connectivity index (χ3n) is 6.40. The van der Waals surface area contributed by atoms with Gasteiger partial charge in [-0.1, -0.05) is 42.5 Å². The number of benzene rings is 3. The maximum Gasteiger partial charge on any atom is 0.269 e. The molecule has 3 aromatic carbocycles. The standard InChI is InChI=1S/C28H31N3O3/c1-29-17-19-30(20-18-29)25-13-9-23(10-14-25)28(24-11-15-26(16-12-24)31(33)34)27(8-5-21-32)22-6-3-2-4-7-22/h2-4,6-7,9-16,32H,5,8,17-21H2,1H3. The minimum Gasteiger partial charge on any atom is -0.396 e. The van der Waals surface area contributed by atoms with Gasteiger partial charge in [0.1, 0.15) is 0 Å². The Morgan fingerprint density at radius 2 is 1.44 bits per heavy atom. The summed E-state index contributed by atoms with van der Waals surface area (Å²) in [5.41, 5.74) is 6.52. The second-order valence-electron chi connectivity index (χ2n) is 8.69. The number of hydrogen-bond acceptors (Lipinski definition) is 5. The number of likely N-dealkylation sites (N-methyl/N-ethyl adjacent to an activating group) is 1. The van der Waals surface area contributed by atoms with Crippen LogP contribution in [0.1, 0.15) is 29.5 Å². The van der Waals surface area contributed by atoms with Crippen LogP contribution in [-0.4, -0.2) is 54.8 Å². The van der Waals surface area contributed by atoms with Gasteiger partial charge in [-0.3, -0.25) is 10.1 Å². The summed E-state index contributed by atoms with van der Waals surface area (Å²) < 4.78 is 0. The molecule has 6 nitrogen and oxygen atoms in total. The average molecular weight is 458 g/mol. The van der Waals surface area contributed by atoms with Crippen LogP contribution in [0, 0.1) is 10.1 Å². The summed E-state index contributed by atoms with van der Waals surface area (Å²) in [6, 6.07) is 25.6. The normalized spacial score (nSPS) is 15.2. The molecule has 1 N–H and O–H groups in total.